The Kier molecular flexibility index (Phi) is 3.79. The van der Waals surface area contributed by atoms with Gasteiger partial charge in [0.05, 0.1) is 5.56 Å². The number of nitrogens with zero attached hydrogens (tertiary/aromatic N) is 1. The maximum absolute atomic E-state index is 10.7. The second kappa shape index (κ2) is 5.32. The predicted octanol–water partition coefficient (Wildman–Crippen LogP) is 2.27. The van der Waals surface area contributed by atoms with Crippen molar-refractivity contribution < 1.29 is 9.90 Å². The number of carboxylic acids is 1. The third-order valence-electron chi connectivity index (χ3n) is 3.53. The zero-order valence-electron chi connectivity index (χ0n) is 10.2. The van der Waals surface area contributed by atoms with Gasteiger partial charge >= 0.3 is 5.97 Å². The van der Waals surface area contributed by atoms with E-state index in [9.17, 15) is 4.79 Å². The van der Waals surface area contributed by atoms with Crippen molar-refractivity contribution in [2.75, 3.05) is 19.6 Å². The molecule has 1 aromatic carbocycles. The third kappa shape index (κ3) is 3.07. The maximum Gasteiger partial charge on any atom is 0.335 e. The smallest absolute Gasteiger partial charge is 0.335 e. The molecule has 0 amide bonds. The topological polar surface area (TPSA) is 40.5 Å². The summed E-state index contributed by atoms with van der Waals surface area (Å²) in [6.07, 6.45) is 2.29. The number of hydrogen-bond acceptors (Lipinski definition) is 2. The first-order chi connectivity index (χ1) is 8.19. The van der Waals surface area contributed by atoms with Gasteiger partial charge in [-0.25, -0.2) is 4.79 Å². The van der Waals surface area contributed by atoms with Crippen LogP contribution in [0.1, 0.15) is 29.3 Å². The van der Waals surface area contributed by atoms with Crippen LogP contribution in [0, 0.1) is 5.92 Å². The molecule has 0 spiro atoms. The van der Waals surface area contributed by atoms with Gasteiger partial charge in [-0.2, -0.15) is 0 Å². The summed E-state index contributed by atoms with van der Waals surface area (Å²) in [5, 5.41) is 8.79. The van der Waals surface area contributed by atoms with Crippen LogP contribution in [0.5, 0.6) is 0 Å². The van der Waals surface area contributed by atoms with Crippen molar-refractivity contribution in [2.24, 2.45) is 5.92 Å². The van der Waals surface area contributed by atoms with Crippen molar-refractivity contribution in [3.63, 3.8) is 0 Å². The van der Waals surface area contributed by atoms with E-state index in [-0.39, 0.29) is 0 Å². The van der Waals surface area contributed by atoms with E-state index >= 15 is 0 Å². The molecule has 0 bridgehead atoms. The molecular formula is C14H19NO2. The van der Waals surface area contributed by atoms with Gasteiger partial charge in [0.1, 0.15) is 0 Å². The predicted molar refractivity (Wildman–Crippen MR) is 67.3 cm³/mol. The van der Waals surface area contributed by atoms with Crippen LogP contribution >= 0.6 is 0 Å². The van der Waals surface area contributed by atoms with Crippen LogP contribution in [0.25, 0.3) is 0 Å². The summed E-state index contributed by atoms with van der Waals surface area (Å²) in [5.74, 6) is 0.0365. The molecule has 1 saturated heterocycles. The zero-order chi connectivity index (χ0) is 12.3. The number of benzene rings is 1. The van der Waals surface area contributed by atoms with E-state index in [2.05, 4.69) is 11.8 Å². The highest BCUT2D eigenvalue weighted by molar-refractivity contribution is 5.87. The fraction of sp³-hybridized carbons (Fsp3) is 0.500. The SMILES string of the molecule is CCC1CN(CCc2ccc(C(=O)O)cc2)C1. The van der Waals surface area contributed by atoms with Crippen LogP contribution in [0.4, 0.5) is 0 Å². The molecule has 3 nitrogen and oxygen atoms in total. The molecule has 1 fully saturated rings. The van der Waals surface area contributed by atoms with Crippen molar-refractivity contribution in [3.8, 4) is 0 Å². The van der Waals surface area contributed by atoms with Crippen molar-refractivity contribution in [1.29, 1.82) is 0 Å². The molecule has 0 aromatic heterocycles. The minimum absolute atomic E-state index is 0.365. The molecule has 1 aromatic rings. The number of rotatable bonds is 5. The molecular weight excluding hydrogens is 214 g/mol. The van der Waals surface area contributed by atoms with Gasteiger partial charge in [-0.1, -0.05) is 25.5 Å². The Hall–Kier alpha value is -1.35. The van der Waals surface area contributed by atoms with E-state index in [1.165, 1.54) is 25.1 Å². The van der Waals surface area contributed by atoms with Gasteiger partial charge in [-0.15, -0.1) is 0 Å². The van der Waals surface area contributed by atoms with Gasteiger partial charge in [0, 0.05) is 19.6 Å². The largest absolute Gasteiger partial charge is 0.478 e. The van der Waals surface area contributed by atoms with Crippen molar-refractivity contribution in [1.82, 2.24) is 4.90 Å². The Balaban J connectivity index is 1.78. The molecule has 1 aliphatic heterocycles. The van der Waals surface area contributed by atoms with Crippen LogP contribution in [0.2, 0.25) is 0 Å². The number of carboxylic acid groups (broad SMARTS) is 1. The van der Waals surface area contributed by atoms with Crippen LogP contribution in [0.15, 0.2) is 24.3 Å². The average Bonchev–Trinajstić information content (AvgIpc) is 2.28. The van der Waals surface area contributed by atoms with Gasteiger partial charge in [-0.3, -0.25) is 0 Å². The third-order valence-corrected chi connectivity index (χ3v) is 3.53. The normalized spacial score (nSPS) is 16.8. The quantitative estimate of drug-likeness (QED) is 0.848. The fourth-order valence-electron chi connectivity index (χ4n) is 2.22. The summed E-state index contributed by atoms with van der Waals surface area (Å²) in [6.45, 7) is 5.78. The molecule has 3 heteroatoms. The molecule has 0 unspecified atom stereocenters. The first kappa shape index (κ1) is 12.1. The van der Waals surface area contributed by atoms with Crippen molar-refractivity contribution in [3.05, 3.63) is 35.4 Å². The highest BCUT2D eigenvalue weighted by Crippen LogP contribution is 2.18. The molecule has 0 aliphatic carbocycles. The van der Waals surface area contributed by atoms with Crippen LogP contribution in [-0.4, -0.2) is 35.6 Å². The van der Waals surface area contributed by atoms with E-state index in [4.69, 9.17) is 5.11 Å². The lowest BCUT2D eigenvalue weighted by Gasteiger charge is -2.38. The number of carbonyl (C=O) groups is 1. The van der Waals surface area contributed by atoms with Gasteiger partial charge in [0.25, 0.3) is 0 Å². The maximum atomic E-state index is 10.7. The van der Waals surface area contributed by atoms with Gasteiger partial charge in [0.2, 0.25) is 0 Å². The second-order valence-corrected chi connectivity index (χ2v) is 4.79. The minimum atomic E-state index is -0.856. The van der Waals surface area contributed by atoms with Crippen molar-refractivity contribution in [2.45, 2.75) is 19.8 Å². The van der Waals surface area contributed by atoms with Gasteiger partial charge in [0.15, 0.2) is 0 Å². The highest BCUT2D eigenvalue weighted by Gasteiger charge is 2.23. The molecule has 1 aliphatic rings. The van der Waals surface area contributed by atoms with Gasteiger partial charge in [-0.05, 0) is 30.0 Å². The molecule has 0 atom stereocenters. The van der Waals surface area contributed by atoms with Crippen LogP contribution in [-0.2, 0) is 6.42 Å². The lowest BCUT2D eigenvalue weighted by Crippen LogP contribution is -2.46. The Morgan fingerprint density at radius 2 is 2.00 bits per heavy atom. The summed E-state index contributed by atoms with van der Waals surface area (Å²) in [7, 11) is 0. The first-order valence-electron chi connectivity index (χ1n) is 6.23. The van der Waals surface area contributed by atoms with E-state index in [1.807, 2.05) is 12.1 Å². The van der Waals surface area contributed by atoms with E-state index in [0.717, 1.165) is 18.9 Å². The van der Waals surface area contributed by atoms with E-state index in [0.29, 0.717) is 5.56 Å². The Bertz CT molecular complexity index is 380. The zero-order valence-corrected chi connectivity index (χ0v) is 10.2. The van der Waals surface area contributed by atoms with E-state index < -0.39 is 5.97 Å². The molecule has 0 saturated carbocycles. The Morgan fingerprint density at radius 1 is 1.35 bits per heavy atom. The summed E-state index contributed by atoms with van der Waals surface area (Å²) >= 11 is 0. The minimum Gasteiger partial charge on any atom is -0.478 e. The second-order valence-electron chi connectivity index (χ2n) is 4.79. The van der Waals surface area contributed by atoms with Crippen LogP contribution < -0.4 is 0 Å². The Labute approximate surface area is 102 Å². The summed E-state index contributed by atoms with van der Waals surface area (Å²) in [5.41, 5.74) is 1.58. The monoisotopic (exact) mass is 233 g/mol. The molecule has 1 N–H and O–H groups in total. The number of likely N-dealkylation sites (tertiary alicyclic amines) is 1. The lowest BCUT2D eigenvalue weighted by atomic mass is 9.97. The number of aromatic carboxylic acids is 1. The first-order valence-corrected chi connectivity index (χ1v) is 6.23. The molecule has 17 heavy (non-hydrogen) atoms. The molecule has 2 rings (SSSR count). The molecule has 0 radical (unpaired) electrons. The summed E-state index contributed by atoms with van der Waals surface area (Å²) in [4.78, 5) is 13.2. The Morgan fingerprint density at radius 3 is 2.53 bits per heavy atom. The lowest BCUT2D eigenvalue weighted by molar-refractivity contribution is 0.0697. The summed E-state index contributed by atoms with van der Waals surface area (Å²) < 4.78 is 0. The molecule has 1 heterocycles. The average molecular weight is 233 g/mol. The number of hydrogen-bond donors (Lipinski definition) is 1. The van der Waals surface area contributed by atoms with Crippen LogP contribution in [0.3, 0.4) is 0 Å². The van der Waals surface area contributed by atoms with Crippen molar-refractivity contribution >= 4 is 5.97 Å². The summed E-state index contributed by atoms with van der Waals surface area (Å²) in [6, 6.07) is 7.20. The standard InChI is InChI=1S/C14H19NO2/c1-2-11-9-15(10-11)8-7-12-3-5-13(6-4-12)14(16)17/h3-6,11H,2,7-10H2,1H3,(H,16,17). The van der Waals surface area contributed by atoms with Gasteiger partial charge < -0.3 is 10.0 Å². The molecule has 92 valence electrons. The fourth-order valence-corrected chi connectivity index (χ4v) is 2.22. The van der Waals surface area contributed by atoms with E-state index in [1.54, 1.807) is 12.1 Å². The highest BCUT2D eigenvalue weighted by atomic mass is 16.4.